The molecule has 0 unspecified atom stereocenters. The van der Waals surface area contributed by atoms with Gasteiger partial charge in [0.05, 0.1) is 5.56 Å². The Kier molecular flexibility index (Phi) is 2.65. The second kappa shape index (κ2) is 4.11. The molecule has 0 saturated heterocycles. The van der Waals surface area contributed by atoms with Gasteiger partial charge in [-0.05, 0) is 30.7 Å². The molecule has 1 heterocycles. The molecule has 1 aromatic carbocycles. The SMILES string of the molecule is CNc1ccc(-c2cc(C#N)c(C)[nH]2)cc1. The molecule has 3 nitrogen and oxygen atoms in total. The predicted molar refractivity (Wildman–Crippen MR) is 65.2 cm³/mol. The van der Waals surface area contributed by atoms with Crippen LogP contribution in [0.2, 0.25) is 0 Å². The van der Waals surface area contributed by atoms with E-state index in [4.69, 9.17) is 5.26 Å². The summed E-state index contributed by atoms with van der Waals surface area (Å²) < 4.78 is 0. The summed E-state index contributed by atoms with van der Waals surface area (Å²) in [6.07, 6.45) is 0. The molecule has 3 heteroatoms. The van der Waals surface area contributed by atoms with E-state index in [2.05, 4.69) is 16.4 Å². The number of nitrogens with zero attached hydrogens (tertiary/aromatic N) is 1. The quantitative estimate of drug-likeness (QED) is 0.802. The van der Waals surface area contributed by atoms with Crippen molar-refractivity contribution in [3.8, 4) is 17.3 Å². The number of aromatic nitrogens is 1. The molecular formula is C13H13N3. The Morgan fingerprint density at radius 2 is 1.94 bits per heavy atom. The van der Waals surface area contributed by atoms with Crippen LogP contribution in [0.15, 0.2) is 30.3 Å². The van der Waals surface area contributed by atoms with Crippen LogP contribution in [0.4, 0.5) is 5.69 Å². The third kappa shape index (κ3) is 1.78. The van der Waals surface area contributed by atoms with Crippen LogP contribution in [0.3, 0.4) is 0 Å². The van der Waals surface area contributed by atoms with Gasteiger partial charge in [0, 0.05) is 24.1 Å². The molecule has 0 radical (unpaired) electrons. The van der Waals surface area contributed by atoms with Crippen LogP contribution in [0.1, 0.15) is 11.3 Å². The lowest BCUT2D eigenvalue weighted by Gasteiger charge is -2.01. The highest BCUT2D eigenvalue weighted by molar-refractivity contribution is 5.65. The maximum absolute atomic E-state index is 8.88. The number of benzene rings is 1. The Labute approximate surface area is 94.7 Å². The van der Waals surface area contributed by atoms with Crippen molar-refractivity contribution < 1.29 is 0 Å². The molecule has 2 rings (SSSR count). The molecule has 2 N–H and O–H groups in total. The number of hydrogen-bond donors (Lipinski definition) is 2. The monoisotopic (exact) mass is 211 g/mol. The molecule has 0 saturated carbocycles. The van der Waals surface area contributed by atoms with E-state index in [0.717, 1.165) is 22.6 Å². The van der Waals surface area contributed by atoms with Crippen molar-refractivity contribution >= 4 is 5.69 Å². The van der Waals surface area contributed by atoms with Crippen LogP contribution < -0.4 is 5.32 Å². The molecule has 0 aliphatic carbocycles. The standard InChI is InChI=1S/C13H13N3/c1-9-11(8-14)7-13(16-9)10-3-5-12(15-2)6-4-10/h3-7,15-16H,1-2H3. The van der Waals surface area contributed by atoms with Crippen molar-refractivity contribution in [1.82, 2.24) is 4.98 Å². The summed E-state index contributed by atoms with van der Waals surface area (Å²) in [6.45, 7) is 1.91. The topological polar surface area (TPSA) is 51.6 Å². The average molecular weight is 211 g/mol. The first-order valence-electron chi connectivity index (χ1n) is 5.12. The third-order valence-electron chi connectivity index (χ3n) is 2.62. The molecule has 0 spiro atoms. The average Bonchev–Trinajstić information content (AvgIpc) is 2.71. The summed E-state index contributed by atoms with van der Waals surface area (Å²) in [7, 11) is 1.89. The second-order valence-electron chi connectivity index (χ2n) is 3.66. The molecule has 0 amide bonds. The van der Waals surface area contributed by atoms with Crippen LogP contribution >= 0.6 is 0 Å². The lowest BCUT2D eigenvalue weighted by Crippen LogP contribution is -1.86. The van der Waals surface area contributed by atoms with Crippen molar-refractivity contribution in [3.05, 3.63) is 41.6 Å². The van der Waals surface area contributed by atoms with Gasteiger partial charge in [0.2, 0.25) is 0 Å². The van der Waals surface area contributed by atoms with Gasteiger partial charge in [-0.25, -0.2) is 0 Å². The molecule has 0 bridgehead atoms. The number of H-pyrrole nitrogens is 1. The minimum absolute atomic E-state index is 0.702. The smallest absolute Gasteiger partial charge is 0.101 e. The van der Waals surface area contributed by atoms with Crippen LogP contribution in [-0.2, 0) is 0 Å². The Hall–Kier alpha value is -2.21. The normalized spacial score (nSPS) is 9.81. The molecule has 0 atom stereocenters. The second-order valence-corrected chi connectivity index (χ2v) is 3.66. The van der Waals surface area contributed by atoms with Crippen molar-refractivity contribution in [2.24, 2.45) is 0 Å². The minimum Gasteiger partial charge on any atom is -0.388 e. The van der Waals surface area contributed by atoms with Crippen LogP contribution in [-0.4, -0.2) is 12.0 Å². The number of rotatable bonds is 2. The summed E-state index contributed by atoms with van der Waals surface area (Å²) in [5.74, 6) is 0. The van der Waals surface area contributed by atoms with E-state index in [1.54, 1.807) is 0 Å². The number of nitriles is 1. The zero-order chi connectivity index (χ0) is 11.5. The Morgan fingerprint density at radius 1 is 1.25 bits per heavy atom. The van der Waals surface area contributed by atoms with Crippen molar-refractivity contribution in [2.75, 3.05) is 12.4 Å². The van der Waals surface area contributed by atoms with Gasteiger partial charge in [-0.2, -0.15) is 5.26 Å². The lowest BCUT2D eigenvalue weighted by molar-refractivity contribution is 1.25. The molecule has 1 aromatic heterocycles. The minimum atomic E-state index is 0.702. The first-order valence-corrected chi connectivity index (χ1v) is 5.12. The fraction of sp³-hybridized carbons (Fsp3) is 0.154. The first-order chi connectivity index (χ1) is 7.74. The first kappa shape index (κ1) is 10.3. The highest BCUT2D eigenvalue weighted by Gasteiger charge is 2.05. The molecule has 16 heavy (non-hydrogen) atoms. The van der Waals surface area contributed by atoms with Crippen molar-refractivity contribution in [1.29, 1.82) is 5.26 Å². The summed E-state index contributed by atoms with van der Waals surface area (Å²) >= 11 is 0. The van der Waals surface area contributed by atoms with Crippen molar-refractivity contribution in [2.45, 2.75) is 6.92 Å². The van der Waals surface area contributed by atoms with Crippen LogP contribution in [0.25, 0.3) is 11.3 Å². The van der Waals surface area contributed by atoms with E-state index in [-0.39, 0.29) is 0 Å². The molecule has 0 aliphatic heterocycles. The molecule has 80 valence electrons. The molecule has 2 aromatic rings. The van der Waals surface area contributed by atoms with Gasteiger partial charge >= 0.3 is 0 Å². The van der Waals surface area contributed by atoms with Gasteiger partial charge in [-0.3, -0.25) is 0 Å². The van der Waals surface area contributed by atoms with Gasteiger partial charge in [-0.1, -0.05) is 12.1 Å². The maximum atomic E-state index is 8.88. The highest BCUT2D eigenvalue weighted by atomic mass is 14.8. The fourth-order valence-corrected chi connectivity index (χ4v) is 1.65. The zero-order valence-electron chi connectivity index (χ0n) is 9.33. The van der Waals surface area contributed by atoms with Gasteiger partial charge in [0.1, 0.15) is 6.07 Å². The third-order valence-corrected chi connectivity index (χ3v) is 2.62. The molecular weight excluding hydrogens is 198 g/mol. The zero-order valence-corrected chi connectivity index (χ0v) is 9.33. The van der Waals surface area contributed by atoms with E-state index < -0.39 is 0 Å². The fourth-order valence-electron chi connectivity index (χ4n) is 1.65. The van der Waals surface area contributed by atoms with E-state index in [1.807, 2.05) is 44.3 Å². The number of nitrogens with one attached hydrogen (secondary N) is 2. The summed E-state index contributed by atoms with van der Waals surface area (Å²) in [5, 5.41) is 12.0. The van der Waals surface area contributed by atoms with E-state index in [9.17, 15) is 0 Å². The van der Waals surface area contributed by atoms with Crippen LogP contribution in [0.5, 0.6) is 0 Å². The van der Waals surface area contributed by atoms with E-state index in [0.29, 0.717) is 5.56 Å². The van der Waals surface area contributed by atoms with Crippen LogP contribution in [0, 0.1) is 18.3 Å². The van der Waals surface area contributed by atoms with E-state index in [1.165, 1.54) is 0 Å². The highest BCUT2D eigenvalue weighted by Crippen LogP contribution is 2.22. The number of anilines is 1. The largest absolute Gasteiger partial charge is 0.388 e. The van der Waals surface area contributed by atoms with Gasteiger partial charge < -0.3 is 10.3 Å². The summed E-state index contributed by atoms with van der Waals surface area (Å²) in [5.41, 5.74) is 4.76. The van der Waals surface area contributed by atoms with E-state index >= 15 is 0 Å². The summed E-state index contributed by atoms with van der Waals surface area (Å²) in [6, 6.07) is 12.1. The van der Waals surface area contributed by atoms with Gasteiger partial charge in [0.15, 0.2) is 0 Å². The Morgan fingerprint density at radius 3 is 2.44 bits per heavy atom. The number of aryl methyl sites for hydroxylation is 1. The van der Waals surface area contributed by atoms with Gasteiger partial charge in [0.25, 0.3) is 0 Å². The molecule has 0 aliphatic rings. The predicted octanol–water partition coefficient (Wildman–Crippen LogP) is 2.90. The number of aromatic amines is 1. The lowest BCUT2D eigenvalue weighted by atomic mass is 10.1. The summed E-state index contributed by atoms with van der Waals surface area (Å²) in [4.78, 5) is 3.21. The molecule has 0 fully saturated rings. The maximum Gasteiger partial charge on any atom is 0.101 e. The Bertz CT molecular complexity index is 529. The van der Waals surface area contributed by atoms with Gasteiger partial charge in [-0.15, -0.1) is 0 Å². The number of hydrogen-bond acceptors (Lipinski definition) is 2. The van der Waals surface area contributed by atoms with Crippen molar-refractivity contribution in [3.63, 3.8) is 0 Å². The Balaban J connectivity index is 2.39.